The number of halogens is 1. The molecule has 0 saturated carbocycles. The first-order chi connectivity index (χ1) is 10.0. The fourth-order valence-corrected chi connectivity index (χ4v) is 3.58. The third-order valence-electron chi connectivity index (χ3n) is 3.15. The van der Waals surface area contributed by atoms with Crippen LogP contribution in [0.25, 0.3) is 0 Å². The van der Waals surface area contributed by atoms with Crippen molar-refractivity contribution in [3.8, 4) is 5.75 Å². The highest BCUT2D eigenvalue weighted by atomic mass is 35.5. The van der Waals surface area contributed by atoms with E-state index in [-0.39, 0.29) is 22.6 Å². The van der Waals surface area contributed by atoms with Gasteiger partial charge in [0.1, 0.15) is 10.6 Å². The third-order valence-corrected chi connectivity index (χ3v) is 5.06. The molecule has 1 saturated heterocycles. The second-order valence-corrected chi connectivity index (χ2v) is 6.84. The Morgan fingerprint density at radius 3 is 3.10 bits per heavy atom. The molecule has 1 fully saturated rings. The average Bonchev–Trinajstić information content (AvgIpc) is 2.74. The SMILES string of the molecule is COc1ccc(Cl)c(S(=O)(=O)NCC2CNCCCO2)c1. The van der Waals surface area contributed by atoms with Gasteiger partial charge in [-0.1, -0.05) is 11.6 Å². The Morgan fingerprint density at radius 2 is 2.33 bits per heavy atom. The molecular weight excluding hydrogens is 316 g/mol. The van der Waals surface area contributed by atoms with Gasteiger partial charge in [-0.2, -0.15) is 0 Å². The fourth-order valence-electron chi connectivity index (χ4n) is 2.00. The number of rotatable bonds is 5. The van der Waals surface area contributed by atoms with Crippen molar-refractivity contribution in [2.45, 2.75) is 17.4 Å². The van der Waals surface area contributed by atoms with Gasteiger partial charge in [-0.15, -0.1) is 0 Å². The van der Waals surface area contributed by atoms with E-state index in [4.69, 9.17) is 21.1 Å². The number of hydrogen-bond donors (Lipinski definition) is 2. The second kappa shape index (κ2) is 7.42. The maximum atomic E-state index is 12.3. The van der Waals surface area contributed by atoms with Crippen molar-refractivity contribution in [3.63, 3.8) is 0 Å². The van der Waals surface area contributed by atoms with E-state index in [1.165, 1.54) is 19.2 Å². The van der Waals surface area contributed by atoms with E-state index in [0.29, 0.717) is 18.9 Å². The first kappa shape index (κ1) is 16.5. The van der Waals surface area contributed by atoms with Gasteiger partial charge < -0.3 is 14.8 Å². The maximum absolute atomic E-state index is 12.3. The molecule has 0 radical (unpaired) electrons. The topological polar surface area (TPSA) is 76.7 Å². The van der Waals surface area contributed by atoms with Crippen LogP contribution in [0, 0.1) is 0 Å². The molecule has 1 aliphatic rings. The van der Waals surface area contributed by atoms with Crippen molar-refractivity contribution >= 4 is 21.6 Å². The van der Waals surface area contributed by atoms with Crippen LogP contribution >= 0.6 is 11.6 Å². The Morgan fingerprint density at radius 1 is 1.52 bits per heavy atom. The zero-order valence-corrected chi connectivity index (χ0v) is 13.3. The Kier molecular flexibility index (Phi) is 5.83. The largest absolute Gasteiger partial charge is 0.497 e. The summed E-state index contributed by atoms with van der Waals surface area (Å²) in [5, 5.41) is 3.35. The maximum Gasteiger partial charge on any atom is 0.242 e. The van der Waals surface area contributed by atoms with Gasteiger partial charge in [0.05, 0.1) is 18.2 Å². The summed E-state index contributed by atoms with van der Waals surface area (Å²) < 4.78 is 37.8. The van der Waals surface area contributed by atoms with Gasteiger partial charge in [0.2, 0.25) is 10.0 Å². The van der Waals surface area contributed by atoms with Crippen LogP contribution in [0.15, 0.2) is 23.1 Å². The Hall–Kier alpha value is -0.860. The molecule has 1 aliphatic heterocycles. The predicted octanol–water partition coefficient (Wildman–Crippen LogP) is 1.01. The minimum Gasteiger partial charge on any atom is -0.497 e. The summed E-state index contributed by atoms with van der Waals surface area (Å²) in [5.41, 5.74) is 0. The van der Waals surface area contributed by atoms with E-state index in [0.717, 1.165) is 13.0 Å². The van der Waals surface area contributed by atoms with Crippen LogP contribution in [-0.4, -0.2) is 47.9 Å². The molecule has 1 aromatic rings. The first-order valence-corrected chi connectivity index (χ1v) is 8.54. The molecule has 118 valence electrons. The monoisotopic (exact) mass is 334 g/mol. The quantitative estimate of drug-likeness (QED) is 0.840. The lowest BCUT2D eigenvalue weighted by molar-refractivity contribution is 0.0707. The highest BCUT2D eigenvalue weighted by Crippen LogP contribution is 2.25. The van der Waals surface area contributed by atoms with Crippen LogP contribution in [-0.2, 0) is 14.8 Å². The van der Waals surface area contributed by atoms with Gasteiger partial charge in [0.15, 0.2) is 0 Å². The van der Waals surface area contributed by atoms with Crippen LogP contribution in [0.3, 0.4) is 0 Å². The lowest BCUT2D eigenvalue weighted by Crippen LogP contribution is -2.38. The molecule has 1 aromatic carbocycles. The number of ether oxygens (including phenoxy) is 2. The Balaban J connectivity index is 2.07. The van der Waals surface area contributed by atoms with Gasteiger partial charge >= 0.3 is 0 Å². The van der Waals surface area contributed by atoms with Crippen molar-refractivity contribution in [1.82, 2.24) is 10.0 Å². The molecular formula is C13H19ClN2O4S. The van der Waals surface area contributed by atoms with E-state index < -0.39 is 10.0 Å². The van der Waals surface area contributed by atoms with Crippen molar-refractivity contribution in [2.75, 3.05) is 33.4 Å². The van der Waals surface area contributed by atoms with Gasteiger partial charge in [-0.05, 0) is 25.1 Å². The minimum atomic E-state index is -3.70. The number of sulfonamides is 1. The predicted molar refractivity (Wildman–Crippen MR) is 80.4 cm³/mol. The lowest BCUT2D eigenvalue weighted by Gasteiger charge is -2.16. The molecule has 8 heteroatoms. The molecule has 2 N–H and O–H groups in total. The van der Waals surface area contributed by atoms with Gasteiger partial charge in [0, 0.05) is 25.8 Å². The summed E-state index contributed by atoms with van der Waals surface area (Å²) in [6, 6.07) is 4.51. The fraction of sp³-hybridized carbons (Fsp3) is 0.538. The van der Waals surface area contributed by atoms with Gasteiger partial charge in [-0.25, -0.2) is 13.1 Å². The normalized spacial score (nSPS) is 20.0. The highest BCUT2D eigenvalue weighted by molar-refractivity contribution is 7.89. The van der Waals surface area contributed by atoms with Gasteiger partial charge in [0.25, 0.3) is 0 Å². The zero-order chi connectivity index (χ0) is 15.3. The summed E-state index contributed by atoms with van der Waals surface area (Å²) in [7, 11) is -2.23. The molecule has 2 rings (SSSR count). The lowest BCUT2D eigenvalue weighted by atomic mass is 10.3. The molecule has 1 atom stereocenters. The third kappa shape index (κ3) is 4.55. The molecule has 21 heavy (non-hydrogen) atoms. The molecule has 0 bridgehead atoms. The first-order valence-electron chi connectivity index (χ1n) is 6.68. The van der Waals surface area contributed by atoms with Crippen molar-refractivity contribution in [1.29, 1.82) is 0 Å². The van der Waals surface area contributed by atoms with Crippen LogP contribution < -0.4 is 14.8 Å². The Labute approximate surface area is 129 Å². The van der Waals surface area contributed by atoms with E-state index in [1.807, 2.05) is 0 Å². The molecule has 0 aliphatic carbocycles. The standard InChI is InChI=1S/C13H19ClN2O4S/c1-19-10-3-4-12(14)13(7-10)21(17,18)16-9-11-8-15-5-2-6-20-11/h3-4,7,11,15-16H,2,5-6,8-9H2,1H3. The summed E-state index contributed by atoms with van der Waals surface area (Å²) in [4.78, 5) is 0.00472. The molecule has 0 amide bonds. The van der Waals surface area contributed by atoms with Crippen molar-refractivity contribution in [2.24, 2.45) is 0 Å². The number of hydrogen-bond acceptors (Lipinski definition) is 5. The second-order valence-electron chi connectivity index (χ2n) is 4.70. The van der Waals surface area contributed by atoms with Gasteiger partial charge in [-0.3, -0.25) is 0 Å². The van der Waals surface area contributed by atoms with E-state index >= 15 is 0 Å². The van der Waals surface area contributed by atoms with E-state index in [9.17, 15) is 8.42 Å². The molecule has 1 unspecified atom stereocenters. The van der Waals surface area contributed by atoms with E-state index in [2.05, 4.69) is 10.0 Å². The number of methoxy groups -OCH3 is 1. The molecule has 6 nitrogen and oxygen atoms in total. The molecule has 0 spiro atoms. The smallest absolute Gasteiger partial charge is 0.242 e. The zero-order valence-electron chi connectivity index (χ0n) is 11.8. The highest BCUT2D eigenvalue weighted by Gasteiger charge is 2.21. The van der Waals surface area contributed by atoms with Crippen LogP contribution in [0.2, 0.25) is 5.02 Å². The van der Waals surface area contributed by atoms with Crippen LogP contribution in [0.5, 0.6) is 5.75 Å². The number of benzene rings is 1. The number of nitrogens with one attached hydrogen (secondary N) is 2. The summed E-state index contributed by atoms with van der Waals surface area (Å²) in [6.45, 7) is 2.32. The van der Waals surface area contributed by atoms with E-state index in [1.54, 1.807) is 6.07 Å². The average molecular weight is 335 g/mol. The molecule has 0 aromatic heterocycles. The van der Waals surface area contributed by atoms with Crippen molar-refractivity contribution < 1.29 is 17.9 Å². The Bertz CT molecular complexity index is 572. The van der Waals surface area contributed by atoms with Crippen LogP contribution in [0.1, 0.15) is 6.42 Å². The summed E-state index contributed by atoms with van der Waals surface area (Å²) in [5.74, 6) is 0.437. The minimum absolute atomic E-state index is 0.00472. The summed E-state index contributed by atoms with van der Waals surface area (Å²) >= 11 is 5.97. The van der Waals surface area contributed by atoms with Crippen molar-refractivity contribution in [3.05, 3.63) is 23.2 Å². The van der Waals surface area contributed by atoms with Crippen LogP contribution in [0.4, 0.5) is 0 Å². The molecule has 1 heterocycles. The summed E-state index contributed by atoms with van der Waals surface area (Å²) in [6.07, 6.45) is 0.733.